The van der Waals surface area contributed by atoms with Gasteiger partial charge in [0.2, 0.25) is 10.0 Å². The van der Waals surface area contributed by atoms with Gasteiger partial charge in [0.05, 0.1) is 5.69 Å². The van der Waals surface area contributed by atoms with Crippen LogP contribution in [0.25, 0.3) is 0 Å². The largest absolute Gasteiger partial charge is 0.484 e. The Balaban J connectivity index is 1.35. The Morgan fingerprint density at radius 3 is 2.19 bits per heavy atom. The van der Waals surface area contributed by atoms with Crippen molar-refractivity contribution in [1.82, 2.24) is 4.31 Å². The highest BCUT2D eigenvalue weighted by molar-refractivity contribution is 7.89. The number of rotatable bonds is 7. The summed E-state index contributed by atoms with van der Waals surface area (Å²) in [4.78, 5) is 12.4. The molecular formula is C28H25N3O4S. The Labute approximate surface area is 210 Å². The van der Waals surface area contributed by atoms with E-state index in [2.05, 4.69) is 10.6 Å². The zero-order valence-corrected chi connectivity index (χ0v) is 20.2. The molecule has 1 amide bonds. The molecule has 0 unspecified atom stereocenters. The van der Waals surface area contributed by atoms with Crippen molar-refractivity contribution in [2.24, 2.45) is 0 Å². The molecule has 4 aromatic rings. The molecule has 4 aromatic carbocycles. The number of benzene rings is 4. The number of sulfonamides is 1. The van der Waals surface area contributed by atoms with Gasteiger partial charge in [-0.05, 0) is 47.5 Å². The van der Waals surface area contributed by atoms with Gasteiger partial charge < -0.3 is 15.4 Å². The summed E-state index contributed by atoms with van der Waals surface area (Å²) in [6.45, 7) is 0.0743. The summed E-state index contributed by atoms with van der Waals surface area (Å²) in [7, 11) is -3.75. The third-order valence-electron chi connectivity index (χ3n) is 5.86. The SMILES string of the molecule is O=C(COc1ccc([C@@H]2Nc3ccccc3S(=O)(=O)N2Cc2ccccc2)cc1)Nc1ccccc1. The van der Waals surface area contributed by atoms with E-state index in [1.165, 1.54) is 4.31 Å². The molecule has 0 saturated carbocycles. The Bertz CT molecular complexity index is 1440. The number of amides is 1. The molecule has 0 radical (unpaired) electrons. The van der Waals surface area contributed by atoms with E-state index in [4.69, 9.17) is 4.74 Å². The number of para-hydroxylation sites is 2. The Morgan fingerprint density at radius 1 is 0.833 bits per heavy atom. The van der Waals surface area contributed by atoms with E-state index >= 15 is 0 Å². The molecule has 8 heteroatoms. The quantitative estimate of drug-likeness (QED) is 0.373. The van der Waals surface area contributed by atoms with Crippen LogP contribution in [0.4, 0.5) is 11.4 Å². The van der Waals surface area contributed by atoms with Gasteiger partial charge in [-0.3, -0.25) is 4.79 Å². The van der Waals surface area contributed by atoms with E-state index in [9.17, 15) is 13.2 Å². The van der Waals surface area contributed by atoms with Crippen LogP contribution >= 0.6 is 0 Å². The van der Waals surface area contributed by atoms with Crippen LogP contribution in [0.5, 0.6) is 5.75 Å². The molecule has 0 aliphatic carbocycles. The van der Waals surface area contributed by atoms with Crippen LogP contribution in [0.2, 0.25) is 0 Å². The molecule has 1 atom stereocenters. The number of ether oxygens (including phenoxy) is 1. The second kappa shape index (κ2) is 10.2. The van der Waals surface area contributed by atoms with Gasteiger partial charge in [0, 0.05) is 12.2 Å². The first-order chi connectivity index (χ1) is 17.5. The van der Waals surface area contributed by atoms with Crippen molar-refractivity contribution in [2.75, 3.05) is 17.2 Å². The molecule has 0 aromatic heterocycles. The maximum atomic E-state index is 13.6. The summed E-state index contributed by atoms with van der Waals surface area (Å²) in [5.41, 5.74) is 2.90. The number of hydrogen-bond acceptors (Lipinski definition) is 5. The second-order valence-corrected chi connectivity index (χ2v) is 10.2. The van der Waals surface area contributed by atoms with Crippen molar-refractivity contribution in [3.05, 3.63) is 120 Å². The summed E-state index contributed by atoms with van der Waals surface area (Å²) in [6.07, 6.45) is -0.611. The van der Waals surface area contributed by atoms with E-state index < -0.39 is 16.2 Å². The third kappa shape index (κ3) is 5.10. The molecule has 0 saturated heterocycles. The first kappa shape index (κ1) is 23.6. The number of nitrogens with one attached hydrogen (secondary N) is 2. The van der Waals surface area contributed by atoms with E-state index in [-0.39, 0.29) is 24.0 Å². The summed E-state index contributed by atoms with van der Waals surface area (Å²) in [5, 5.41) is 6.15. The van der Waals surface area contributed by atoms with Crippen molar-refractivity contribution in [3.63, 3.8) is 0 Å². The molecule has 5 rings (SSSR count). The third-order valence-corrected chi connectivity index (χ3v) is 7.73. The topological polar surface area (TPSA) is 87.7 Å². The highest BCUT2D eigenvalue weighted by Gasteiger charge is 2.38. The molecular weight excluding hydrogens is 474 g/mol. The fraction of sp³-hybridized carbons (Fsp3) is 0.107. The van der Waals surface area contributed by atoms with Gasteiger partial charge in [-0.15, -0.1) is 0 Å². The standard InChI is InChI=1S/C28H25N3O4S/c32-27(29-23-11-5-2-6-12-23)20-35-24-17-15-22(16-18-24)28-30-25-13-7-8-14-26(25)36(33,34)31(28)19-21-9-3-1-4-10-21/h1-18,28,30H,19-20H2,(H,29,32)/t28-/m1/s1. The molecule has 0 fully saturated rings. The average Bonchev–Trinajstić information content (AvgIpc) is 2.91. The molecule has 7 nitrogen and oxygen atoms in total. The molecule has 0 spiro atoms. The van der Waals surface area contributed by atoms with Gasteiger partial charge in [-0.2, -0.15) is 4.31 Å². The maximum Gasteiger partial charge on any atom is 0.262 e. The second-order valence-electron chi connectivity index (χ2n) is 8.35. The highest BCUT2D eigenvalue weighted by atomic mass is 32.2. The van der Waals surface area contributed by atoms with E-state index in [0.717, 1.165) is 11.1 Å². The monoisotopic (exact) mass is 499 g/mol. The van der Waals surface area contributed by atoms with Crippen LogP contribution in [-0.4, -0.2) is 25.2 Å². The minimum Gasteiger partial charge on any atom is -0.484 e. The fourth-order valence-corrected chi connectivity index (χ4v) is 5.78. The number of hydrogen-bond donors (Lipinski definition) is 2. The minimum atomic E-state index is -3.75. The molecule has 1 aliphatic rings. The van der Waals surface area contributed by atoms with Gasteiger partial charge >= 0.3 is 0 Å². The number of anilines is 2. The van der Waals surface area contributed by atoms with Crippen LogP contribution in [0, 0.1) is 0 Å². The van der Waals surface area contributed by atoms with Gasteiger partial charge in [0.15, 0.2) is 6.61 Å². The molecule has 36 heavy (non-hydrogen) atoms. The predicted molar refractivity (Wildman–Crippen MR) is 139 cm³/mol. The Morgan fingerprint density at radius 2 is 1.47 bits per heavy atom. The predicted octanol–water partition coefficient (Wildman–Crippen LogP) is 5.02. The van der Waals surface area contributed by atoms with Crippen LogP contribution < -0.4 is 15.4 Å². The Kier molecular flexibility index (Phi) is 6.71. The fourth-order valence-electron chi connectivity index (χ4n) is 4.10. The summed E-state index contributed by atoms with van der Waals surface area (Å²) in [6, 6.07) is 32.7. The highest BCUT2D eigenvalue weighted by Crippen LogP contribution is 2.39. The summed E-state index contributed by atoms with van der Waals surface area (Å²) in [5.74, 6) is 0.242. The van der Waals surface area contributed by atoms with Crippen molar-refractivity contribution in [2.45, 2.75) is 17.6 Å². The van der Waals surface area contributed by atoms with Crippen molar-refractivity contribution in [1.29, 1.82) is 0 Å². The number of fused-ring (bicyclic) bond motifs is 1. The van der Waals surface area contributed by atoms with Crippen LogP contribution in [0.15, 0.2) is 114 Å². The first-order valence-corrected chi connectivity index (χ1v) is 12.9. The number of nitrogens with zero attached hydrogens (tertiary/aromatic N) is 1. The van der Waals surface area contributed by atoms with Crippen molar-refractivity contribution in [3.8, 4) is 5.75 Å². The average molecular weight is 500 g/mol. The van der Waals surface area contributed by atoms with Crippen LogP contribution in [0.1, 0.15) is 17.3 Å². The maximum absolute atomic E-state index is 13.6. The lowest BCUT2D eigenvalue weighted by atomic mass is 10.1. The summed E-state index contributed by atoms with van der Waals surface area (Å²) >= 11 is 0. The van der Waals surface area contributed by atoms with E-state index in [1.807, 2.05) is 66.7 Å². The molecule has 182 valence electrons. The van der Waals surface area contributed by atoms with Gasteiger partial charge in [-0.1, -0.05) is 72.8 Å². The van der Waals surface area contributed by atoms with E-state index in [0.29, 0.717) is 17.1 Å². The van der Waals surface area contributed by atoms with Gasteiger partial charge in [0.25, 0.3) is 5.91 Å². The lowest BCUT2D eigenvalue weighted by molar-refractivity contribution is -0.118. The van der Waals surface area contributed by atoms with E-state index in [1.54, 1.807) is 42.5 Å². The minimum absolute atomic E-state index is 0.141. The van der Waals surface area contributed by atoms with Crippen LogP contribution in [0.3, 0.4) is 0 Å². The number of carbonyl (C=O) groups excluding carboxylic acids is 1. The van der Waals surface area contributed by atoms with Gasteiger partial charge in [0.1, 0.15) is 16.8 Å². The molecule has 0 bridgehead atoms. The van der Waals surface area contributed by atoms with Gasteiger partial charge in [-0.25, -0.2) is 8.42 Å². The lowest BCUT2D eigenvalue weighted by Gasteiger charge is -2.37. The zero-order valence-electron chi connectivity index (χ0n) is 19.4. The molecule has 2 N–H and O–H groups in total. The lowest BCUT2D eigenvalue weighted by Crippen LogP contribution is -2.42. The normalized spacial score (nSPS) is 16.4. The molecule has 1 aliphatic heterocycles. The smallest absolute Gasteiger partial charge is 0.262 e. The van der Waals surface area contributed by atoms with Crippen molar-refractivity contribution < 1.29 is 17.9 Å². The summed E-state index contributed by atoms with van der Waals surface area (Å²) < 4.78 is 34.3. The van der Waals surface area contributed by atoms with Crippen LogP contribution in [-0.2, 0) is 21.4 Å². The Hall–Kier alpha value is -4.14. The first-order valence-electron chi connectivity index (χ1n) is 11.5. The number of carbonyl (C=O) groups is 1. The van der Waals surface area contributed by atoms with Crippen molar-refractivity contribution >= 4 is 27.3 Å². The zero-order chi connectivity index (χ0) is 25.0. The molecule has 1 heterocycles.